The van der Waals surface area contributed by atoms with Crippen molar-refractivity contribution in [3.05, 3.63) is 0 Å². The van der Waals surface area contributed by atoms with Crippen molar-refractivity contribution >= 4 is 5.91 Å². The maximum Gasteiger partial charge on any atom is 0.230 e. The van der Waals surface area contributed by atoms with Gasteiger partial charge in [0.2, 0.25) is 5.91 Å². The minimum absolute atomic E-state index is 0.0139. The maximum atomic E-state index is 12.5. The van der Waals surface area contributed by atoms with Crippen molar-refractivity contribution in [1.82, 2.24) is 4.90 Å². The van der Waals surface area contributed by atoms with Crippen LogP contribution in [0.5, 0.6) is 0 Å². The Hall–Kier alpha value is -0.610. The molecular weight excluding hydrogens is 204 g/mol. The first-order chi connectivity index (χ1) is 7.59. The topological polar surface area (TPSA) is 66.6 Å². The van der Waals surface area contributed by atoms with Crippen molar-refractivity contribution in [2.24, 2.45) is 11.1 Å². The van der Waals surface area contributed by atoms with Crippen molar-refractivity contribution in [3.63, 3.8) is 0 Å². The molecule has 3 N–H and O–H groups in total. The minimum Gasteiger partial charge on any atom is -0.394 e. The fourth-order valence-corrected chi connectivity index (χ4v) is 3.08. The van der Waals surface area contributed by atoms with E-state index in [0.29, 0.717) is 0 Å². The summed E-state index contributed by atoms with van der Waals surface area (Å²) in [7, 11) is 0. The SMILES string of the molecule is CC1(C(=O)N2CCC[C@H]2CO)CCCC1N. The van der Waals surface area contributed by atoms with Crippen LogP contribution in [0.1, 0.15) is 39.0 Å². The van der Waals surface area contributed by atoms with Crippen LogP contribution >= 0.6 is 0 Å². The lowest BCUT2D eigenvalue weighted by Crippen LogP contribution is -2.51. The number of carbonyl (C=O) groups is 1. The van der Waals surface area contributed by atoms with E-state index in [1.807, 2.05) is 11.8 Å². The van der Waals surface area contributed by atoms with Gasteiger partial charge in [0, 0.05) is 12.6 Å². The lowest BCUT2D eigenvalue weighted by Gasteiger charge is -2.35. The van der Waals surface area contributed by atoms with E-state index >= 15 is 0 Å². The maximum absolute atomic E-state index is 12.5. The predicted octanol–water partition coefficient (Wildman–Crippen LogP) is 0.487. The quantitative estimate of drug-likeness (QED) is 0.720. The molecule has 0 radical (unpaired) electrons. The molecular formula is C12H22N2O2. The number of hydrogen-bond acceptors (Lipinski definition) is 3. The molecule has 1 aliphatic heterocycles. The third-order valence-electron chi connectivity index (χ3n) is 4.37. The van der Waals surface area contributed by atoms with Crippen molar-refractivity contribution in [2.45, 2.75) is 51.1 Å². The Morgan fingerprint density at radius 1 is 1.50 bits per heavy atom. The third-order valence-corrected chi connectivity index (χ3v) is 4.37. The summed E-state index contributed by atoms with van der Waals surface area (Å²) in [5.74, 6) is 0.161. The van der Waals surface area contributed by atoms with Crippen LogP contribution < -0.4 is 5.73 Å². The highest BCUT2D eigenvalue weighted by Crippen LogP contribution is 2.39. The normalized spacial score (nSPS) is 39.3. The molecule has 92 valence electrons. The standard InChI is InChI=1S/C12H22N2O2/c1-12(6-2-5-10(12)13)11(16)14-7-3-4-9(14)8-15/h9-10,15H,2-8,13H2,1H3/t9-,10?,12?/m0/s1. The number of nitrogens with zero attached hydrogens (tertiary/aromatic N) is 1. The monoisotopic (exact) mass is 226 g/mol. The lowest BCUT2D eigenvalue weighted by atomic mass is 9.83. The number of nitrogens with two attached hydrogens (primary N) is 1. The third kappa shape index (κ3) is 1.74. The van der Waals surface area contributed by atoms with Gasteiger partial charge in [0.15, 0.2) is 0 Å². The van der Waals surface area contributed by atoms with E-state index in [9.17, 15) is 9.90 Å². The summed E-state index contributed by atoms with van der Waals surface area (Å²) in [5, 5.41) is 9.25. The molecule has 0 aromatic heterocycles. The Morgan fingerprint density at radius 2 is 2.25 bits per heavy atom. The molecule has 1 amide bonds. The molecule has 16 heavy (non-hydrogen) atoms. The van der Waals surface area contributed by atoms with Crippen LogP contribution in [0.4, 0.5) is 0 Å². The van der Waals surface area contributed by atoms with Crippen LogP contribution in [0.15, 0.2) is 0 Å². The number of aliphatic hydroxyl groups is 1. The van der Waals surface area contributed by atoms with Gasteiger partial charge in [0.05, 0.1) is 18.1 Å². The van der Waals surface area contributed by atoms with E-state index in [-0.39, 0.29) is 24.6 Å². The summed E-state index contributed by atoms with van der Waals surface area (Å²) in [6.07, 6.45) is 4.80. The van der Waals surface area contributed by atoms with Gasteiger partial charge in [-0.3, -0.25) is 4.79 Å². The van der Waals surface area contributed by atoms with E-state index in [1.165, 1.54) is 0 Å². The zero-order valence-electron chi connectivity index (χ0n) is 9.98. The van der Waals surface area contributed by atoms with Gasteiger partial charge < -0.3 is 15.7 Å². The molecule has 1 heterocycles. The molecule has 2 aliphatic rings. The van der Waals surface area contributed by atoms with Crippen LogP contribution in [0.2, 0.25) is 0 Å². The summed E-state index contributed by atoms with van der Waals surface area (Å²) in [4.78, 5) is 14.3. The Kier molecular flexibility index (Phi) is 3.22. The molecule has 1 aliphatic carbocycles. The molecule has 2 fully saturated rings. The van der Waals surface area contributed by atoms with Crippen molar-refractivity contribution in [3.8, 4) is 0 Å². The van der Waals surface area contributed by atoms with Gasteiger partial charge in [-0.1, -0.05) is 6.42 Å². The first-order valence-corrected chi connectivity index (χ1v) is 6.27. The van der Waals surface area contributed by atoms with Crippen LogP contribution in [0.25, 0.3) is 0 Å². The smallest absolute Gasteiger partial charge is 0.230 e. The van der Waals surface area contributed by atoms with Crippen molar-refractivity contribution in [2.75, 3.05) is 13.2 Å². The number of rotatable bonds is 2. The van der Waals surface area contributed by atoms with Gasteiger partial charge in [0.25, 0.3) is 0 Å². The first-order valence-electron chi connectivity index (χ1n) is 6.27. The summed E-state index contributed by atoms with van der Waals surface area (Å²) >= 11 is 0. The summed E-state index contributed by atoms with van der Waals surface area (Å²) in [5.41, 5.74) is 5.67. The van der Waals surface area contributed by atoms with Crippen LogP contribution in [0.3, 0.4) is 0 Å². The second-order valence-electron chi connectivity index (χ2n) is 5.39. The van der Waals surface area contributed by atoms with Gasteiger partial charge >= 0.3 is 0 Å². The van der Waals surface area contributed by atoms with E-state index < -0.39 is 5.41 Å². The van der Waals surface area contributed by atoms with Crippen molar-refractivity contribution < 1.29 is 9.90 Å². The van der Waals surface area contributed by atoms with Crippen LogP contribution in [-0.4, -0.2) is 41.1 Å². The Labute approximate surface area is 96.8 Å². The molecule has 4 heteroatoms. The van der Waals surface area contributed by atoms with Gasteiger partial charge in [-0.15, -0.1) is 0 Å². The molecule has 4 nitrogen and oxygen atoms in total. The van der Waals surface area contributed by atoms with Crippen molar-refractivity contribution in [1.29, 1.82) is 0 Å². The lowest BCUT2D eigenvalue weighted by molar-refractivity contribution is -0.143. The second kappa shape index (κ2) is 4.34. The summed E-state index contributed by atoms with van der Waals surface area (Å²) in [6.45, 7) is 2.85. The highest BCUT2D eigenvalue weighted by Gasteiger charge is 2.47. The number of carbonyl (C=O) groups excluding carboxylic acids is 1. The number of amides is 1. The highest BCUT2D eigenvalue weighted by atomic mass is 16.3. The van der Waals surface area contributed by atoms with E-state index in [4.69, 9.17) is 5.73 Å². The average Bonchev–Trinajstić information content (AvgIpc) is 2.86. The predicted molar refractivity (Wildman–Crippen MR) is 61.8 cm³/mol. The Morgan fingerprint density at radius 3 is 2.81 bits per heavy atom. The molecule has 0 aromatic rings. The number of aliphatic hydroxyl groups excluding tert-OH is 1. The minimum atomic E-state index is -0.391. The number of likely N-dealkylation sites (tertiary alicyclic amines) is 1. The molecule has 0 bridgehead atoms. The largest absolute Gasteiger partial charge is 0.394 e. The average molecular weight is 226 g/mol. The molecule has 2 unspecified atom stereocenters. The van der Waals surface area contributed by atoms with Gasteiger partial charge in [-0.25, -0.2) is 0 Å². The van der Waals surface area contributed by atoms with E-state index in [2.05, 4.69) is 0 Å². The Bertz CT molecular complexity index is 282. The van der Waals surface area contributed by atoms with Gasteiger partial charge in [-0.2, -0.15) is 0 Å². The fraction of sp³-hybridized carbons (Fsp3) is 0.917. The van der Waals surface area contributed by atoms with Gasteiger partial charge in [-0.05, 0) is 32.6 Å². The van der Waals surface area contributed by atoms with E-state index in [1.54, 1.807) is 0 Å². The zero-order chi connectivity index (χ0) is 11.8. The van der Waals surface area contributed by atoms with Crippen LogP contribution in [-0.2, 0) is 4.79 Å². The zero-order valence-corrected chi connectivity index (χ0v) is 9.98. The molecule has 1 saturated carbocycles. The molecule has 0 aromatic carbocycles. The van der Waals surface area contributed by atoms with Crippen LogP contribution in [0, 0.1) is 5.41 Å². The Balaban J connectivity index is 2.12. The highest BCUT2D eigenvalue weighted by molar-refractivity contribution is 5.84. The first kappa shape index (κ1) is 11.9. The van der Waals surface area contributed by atoms with Gasteiger partial charge in [0.1, 0.15) is 0 Å². The molecule has 0 spiro atoms. The molecule has 1 saturated heterocycles. The van der Waals surface area contributed by atoms with E-state index in [0.717, 1.165) is 38.6 Å². The fourth-order valence-electron chi connectivity index (χ4n) is 3.08. The number of hydrogen-bond donors (Lipinski definition) is 2. The summed E-state index contributed by atoms with van der Waals surface area (Å²) < 4.78 is 0. The molecule has 3 atom stereocenters. The summed E-state index contributed by atoms with van der Waals surface area (Å²) in [6, 6.07) is 0.0112. The second-order valence-corrected chi connectivity index (χ2v) is 5.39. The molecule has 2 rings (SSSR count).